The quantitative estimate of drug-likeness (QED) is 0.102. The predicted molar refractivity (Wildman–Crippen MR) is 214 cm³/mol. The van der Waals surface area contributed by atoms with Crippen molar-refractivity contribution in [2.75, 3.05) is 13.9 Å². The van der Waals surface area contributed by atoms with Crippen molar-refractivity contribution >= 4 is 16.6 Å². The molecule has 0 spiro atoms. The van der Waals surface area contributed by atoms with Crippen LogP contribution in [0.1, 0.15) is 133 Å². The zero-order valence-corrected chi connectivity index (χ0v) is 36.4. The maximum atomic E-state index is 7.13. The average molecular weight is 713 g/mol. The highest BCUT2D eigenvalue weighted by Crippen LogP contribution is 2.60. The Kier molecular flexibility index (Phi) is 12.8. The van der Waals surface area contributed by atoms with Gasteiger partial charge in [0, 0.05) is 13.5 Å². The van der Waals surface area contributed by atoms with Crippen LogP contribution in [0.3, 0.4) is 0 Å². The standard InChI is InChI=1S/C43H76O4Si2/c1-31-34(28-35(46-48(12,13)40(2,3)4)29-39(31)47-49(14,15)41(5,6)7)23-22-33-18-16-27-43(10)37(33)24-25-38(43)36(32-20-21-32)19-17-26-42(8,9)45-30-44-11/h22-23,25,32,35-37,39H,1,16-21,24,26-30H2,2-15H3/b33-22-,34-23-/t35-,36+,37+,39+,43+/m1/s1. The van der Waals surface area contributed by atoms with Gasteiger partial charge in [-0.15, -0.1) is 0 Å². The van der Waals surface area contributed by atoms with Gasteiger partial charge in [-0.2, -0.15) is 0 Å². The average Bonchev–Trinajstić information content (AvgIpc) is 3.75. The SMILES string of the molecule is C=C1/C(=C\C=C2\CCC[C@]3(C)C([C@@H](CCCC(C)(C)OCOC)C4CC4)=CC[C@@H]23)C[C@@H](O[Si](C)(C)C(C)(C)C)C[C@@H]1O[Si](C)(C)C(C)(C)C. The second-order valence-corrected chi connectivity index (χ2v) is 29.6. The van der Waals surface area contributed by atoms with Gasteiger partial charge >= 0.3 is 0 Å². The molecule has 0 amide bonds. The van der Waals surface area contributed by atoms with Crippen LogP contribution in [0, 0.1) is 23.2 Å². The van der Waals surface area contributed by atoms with E-state index in [0.717, 1.165) is 31.1 Å². The molecule has 0 radical (unpaired) electrons. The Morgan fingerprint density at radius 1 is 0.959 bits per heavy atom. The summed E-state index contributed by atoms with van der Waals surface area (Å²) >= 11 is 0. The van der Waals surface area contributed by atoms with Gasteiger partial charge in [0.05, 0.1) is 17.8 Å². The first-order valence-corrected chi connectivity index (χ1v) is 25.6. The first-order chi connectivity index (χ1) is 22.5. The van der Waals surface area contributed by atoms with Gasteiger partial charge in [0.25, 0.3) is 0 Å². The predicted octanol–water partition coefficient (Wildman–Crippen LogP) is 12.7. The number of hydrogen-bond donors (Lipinski definition) is 0. The highest BCUT2D eigenvalue weighted by atomic mass is 28.4. The monoisotopic (exact) mass is 713 g/mol. The molecule has 280 valence electrons. The molecule has 6 heteroatoms. The van der Waals surface area contributed by atoms with Crippen LogP contribution in [0.15, 0.2) is 47.1 Å². The van der Waals surface area contributed by atoms with Gasteiger partial charge in [-0.3, -0.25) is 0 Å². The summed E-state index contributed by atoms with van der Waals surface area (Å²) in [5.41, 5.74) is 6.12. The molecule has 0 aromatic carbocycles. The number of ether oxygens (including phenoxy) is 2. The van der Waals surface area contributed by atoms with E-state index in [1.165, 1.54) is 62.5 Å². The lowest BCUT2D eigenvalue weighted by atomic mass is 9.61. The van der Waals surface area contributed by atoms with Crippen molar-refractivity contribution in [3.63, 3.8) is 0 Å². The molecule has 4 rings (SSSR count). The third-order valence-corrected chi connectivity index (χ3v) is 22.8. The van der Waals surface area contributed by atoms with Crippen LogP contribution in [0.5, 0.6) is 0 Å². The van der Waals surface area contributed by atoms with E-state index in [1.807, 2.05) is 0 Å². The second kappa shape index (κ2) is 15.3. The van der Waals surface area contributed by atoms with Crippen molar-refractivity contribution in [1.82, 2.24) is 0 Å². The number of fused-ring (bicyclic) bond motifs is 1. The zero-order valence-electron chi connectivity index (χ0n) is 34.4. The number of allylic oxidation sites excluding steroid dienone is 5. The normalized spacial score (nSPS) is 29.8. The highest BCUT2D eigenvalue weighted by molar-refractivity contribution is 6.74. The summed E-state index contributed by atoms with van der Waals surface area (Å²) < 4.78 is 25.4. The molecule has 0 unspecified atom stereocenters. The minimum absolute atomic E-state index is 0.0228. The lowest BCUT2D eigenvalue weighted by Gasteiger charge is -2.45. The van der Waals surface area contributed by atoms with Crippen LogP contribution in [-0.4, -0.2) is 48.3 Å². The van der Waals surface area contributed by atoms with Crippen LogP contribution in [0.25, 0.3) is 0 Å². The zero-order chi connectivity index (χ0) is 36.6. The molecule has 0 N–H and O–H groups in total. The minimum atomic E-state index is -1.99. The molecule has 0 aromatic rings. The molecule has 3 saturated carbocycles. The molecule has 0 heterocycles. The minimum Gasteiger partial charge on any atom is -0.413 e. The Morgan fingerprint density at radius 2 is 1.59 bits per heavy atom. The molecule has 3 fully saturated rings. The first kappa shape index (κ1) is 41.0. The summed E-state index contributed by atoms with van der Waals surface area (Å²) in [5, 5.41) is 0.327. The fourth-order valence-electron chi connectivity index (χ4n) is 8.37. The first-order valence-electron chi connectivity index (χ1n) is 19.8. The molecule has 4 aliphatic rings. The van der Waals surface area contributed by atoms with E-state index >= 15 is 0 Å². The second-order valence-electron chi connectivity index (χ2n) is 20.1. The third-order valence-electron chi connectivity index (χ3n) is 13.8. The van der Waals surface area contributed by atoms with E-state index in [-0.39, 0.29) is 33.3 Å². The fourth-order valence-corrected chi connectivity index (χ4v) is 11.0. The van der Waals surface area contributed by atoms with E-state index in [9.17, 15) is 0 Å². The Balaban J connectivity index is 1.55. The lowest BCUT2D eigenvalue weighted by molar-refractivity contribution is -0.118. The summed E-state index contributed by atoms with van der Waals surface area (Å²) in [4.78, 5) is 0. The Bertz CT molecular complexity index is 1260. The van der Waals surface area contributed by atoms with Gasteiger partial charge in [0.2, 0.25) is 0 Å². The number of rotatable bonds is 14. The molecule has 0 saturated heterocycles. The summed E-state index contributed by atoms with van der Waals surface area (Å²) in [6.45, 7) is 35.7. The fraction of sp³-hybridized carbons (Fsp3) is 0.814. The summed E-state index contributed by atoms with van der Waals surface area (Å²) in [7, 11) is -2.22. The van der Waals surface area contributed by atoms with Crippen LogP contribution < -0.4 is 0 Å². The van der Waals surface area contributed by atoms with Crippen molar-refractivity contribution in [2.45, 2.75) is 187 Å². The van der Waals surface area contributed by atoms with E-state index in [0.29, 0.717) is 12.7 Å². The maximum absolute atomic E-state index is 7.13. The molecular weight excluding hydrogens is 637 g/mol. The summed E-state index contributed by atoms with van der Waals surface area (Å²) in [6, 6.07) is 0. The van der Waals surface area contributed by atoms with Crippen molar-refractivity contribution < 1.29 is 18.3 Å². The molecular formula is C43H76O4Si2. The highest BCUT2D eigenvalue weighted by Gasteiger charge is 2.50. The van der Waals surface area contributed by atoms with E-state index < -0.39 is 16.6 Å². The van der Waals surface area contributed by atoms with Gasteiger partial charge in [-0.05, 0) is 149 Å². The van der Waals surface area contributed by atoms with Crippen molar-refractivity contribution in [3.05, 3.63) is 47.1 Å². The third kappa shape index (κ3) is 9.81. The molecule has 0 aromatic heterocycles. The molecule has 49 heavy (non-hydrogen) atoms. The van der Waals surface area contributed by atoms with E-state index in [4.69, 9.17) is 24.9 Å². The van der Waals surface area contributed by atoms with Crippen LogP contribution in [-0.2, 0) is 18.3 Å². The van der Waals surface area contributed by atoms with Crippen LogP contribution >= 0.6 is 0 Å². The van der Waals surface area contributed by atoms with E-state index in [2.05, 4.69) is 107 Å². The van der Waals surface area contributed by atoms with Gasteiger partial charge in [-0.25, -0.2) is 0 Å². The molecule has 0 bridgehead atoms. The molecule has 0 aliphatic heterocycles. The number of methoxy groups -OCH3 is 1. The largest absolute Gasteiger partial charge is 0.413 e. The Morgan fingerprint density at radius 3 is 2.18 bits per heavy atom. The molecule has 4 aliphatic carbocycles. The lowest BCUT2D eigenvalue weighted by Crippen LogP contribution is -2.49. The van der Waals surface area contributed by atoms with Gasteiger partial charge in [-0.1, -0.05) is 84.4 Å². The smallest absolute Gasteiger partial charge is 0.192 e. The van der Waals surface area contributed by atoms with Crippen LogP contribution in [0.4, 0.5) is 0 Å². The van der Waals surface area contributed by atoms with Crippen molar-refractivity contribution in [2.24, 2.45) is 23.2 Å². The topological polar surface area (TPSA) is 36.9 Å². The van der Waals surface area contributed by atoms with Crippen molar-refractivity contribution in [3.8, 4) is 0 Å². The summed E-state index contributed by atoms with van der Waals surface area (Å²) in [5.74, 6) is 2.22. The molecule has 4 nitrogen and oxygen atoms in total. The molecule has 5 atom stereocenters. The van der Waals surface area contributed by atoms with Gasteiger partial charge in [0.15, 0.2) is 16.6 Å². The van der Waals surface area contributed by atoms with Crippen LogP contribution in [0.2, 0.25) is 36.3 Å². The Hall–Kier alpha value is -0.766. The van der Waals surface area contributed by atoms with E-state index in [1.54, 1.807) is 18.3 Å². The van der Waals surface area contributed by atoms with Gasteiger partial charge < -0.3 is 18.3 Å². The van der Waals surface area contributed by atoms with Gasteiger partial charge in [0.1, 0.15) is 6.79 Å². The summed E-state index contributed by atoms with van der Waals surface area (Å²) in [6.07, 6.45) is 21.1. The van der Waals surface area contributed by atoms with Crippen molar-refractivity contribution in [1.29, 1.82) is 0 Å². The maximum Gasteiger partial charge on any atom is 0.192 e. The Labute approximate surface area is 305 Å². The number of hydrogen-bond acceptors (Lipinski definition) is 4.